The Morgan fingerprint density at radius 3 is 2.50 bits per heavy atom. The fourth-order valence-corrected chi connectivity index (χ4v) is 0.933. The Bertz CT molecular complexity index is 141. The number of alkyl halides is 2. The van der Waals surface area contributed by atoms with Gasteiger partial charge in [0.1, 0.15) is 0 Å². The molecule has 0 aromatic rings. The molecule has 0 aliphatic carbocycles. The molecule has 2 N–H and O–H groups in total. The van der Waals surface area contributed by atoms with Crippen LogP contribution in [0.4, 0.5) is 8.78 Å². The summed E-state index contributed by atoms with van der Waals surface area (Å²) in [6.07, 6.45) is -1.77. The van der Waals surface area contributed by atoms with E-state index in [-0.39, 0.29) is 6.54 Å². The summed E-state index contributed by atoms with van der Waals surface area (Å²) in [6.45, 7) is 2.77. The minimum absolute atomic E-state index is 0.195. The SMILES string of the molecule is CCN(CCC(N)=S)CC(F)F. The van der Waals surface area contributed by atoms with Gasteiger partial charge in [0.25, 0.3) is 6.43 Å². The third kappa shape index (κ3) is 6.42. The molecule has 0 amide bonds. The fourth-order valence-electron chi connectivity index (χ4n) is 0.842. The summed E-state index contributed by atoms with van der Waals surface area (Å²) in [5, 5.41) is 0. The number of nitrogens with zero attached hydrogens (tertiary/aromatic N) is 1. The first-order valence-electron chi connectivity index (χ1n) is 3.85. The number of rotatable bonds is 6. The predicted molar refractivity (Wildman–Crippen MR) is 49.5 cm³/mol. The average molecular weight is 196 g/mol. The second kappa shape index (κ2) is 6.25. The first-order chi connectivity index (χ1) is 5.56. The molecule has 0 atom stereocenters. The molecule has 0 heterocycles. The van der Waals surface area contributed by atoms with Gasteiger partial charge in [0, 0.05) is 13.0 Å². The molecule has 2 nitrogen and oxygen atoms in total. The number of hydrogen-bond donors (Lipinski definition) is 1. The second-order valence-corrected chi connectivity index (χ2v) is 3.03. The van der Waals surface area contributed by atoms with Crippen LogP contribution in [0.25, 0.3) is 0 Å². The third-order valence-electron chi connectivity index (χ3n) is 1.52. The minimum Gasteiger partial charge on any atom is -0.393 e. The van der Waals surface area contributed by atoms with E-state index in [0.717, 1.165) is 0 Å². The molecule has 0 aliphatic heterocycles. The Morgan fingerprint density at radius 1 is 1.58 bits per heavy atom. The van der Waals surface area contributed by atoms with Gasteiger partial charge in [0.05, 0.1) is 11.5 Å². The van der Waals surface area contributed by atoms with E-state index in [1.54, 1.807) is 4.90 Å². The van der Waals surface area contributed by atoms with E-state index in [4.69, 9.17) is 5.73 Å². The largest absolute Gasteiger partial charge is 0.393 e. The van der Waals surface area contributed by atoms with E-state index in [1.807, 2.05) is 6.92 Å². The van der Waals surface area contributed by atoms with Crippen molar-refractivity contribution in [3.8, 4) is 0 Å². The molecule has 0 rings (SSSR count). The van der Waals surface area contributed by atoms with Crippen LogP contribution in [0.3, 0.4) is 0 Å². The van der Waals surface area contributed by atoms with E-state index in [2.05, 4.69) is 12.2 Å². The summed E-state index contributed by atoms with van der Waals surface area (Å²) in [7, 11) is 0. The molecule has 0 aromatic carbocycles. The molecular weight excluding hydrogens is 182 g/mol. The molecular formula is C7H14F2N2S. The third-order valence-corrected chi connectivity index (χ3v) is 1.72. The van der Waals surface area contributed by atoms with Crippen LogP contribution >= 0.6 is 12.2 Å². The molecule has 0 aliphatic rings. The molecule has 0 unspecified atom stereocenters. The van der Waals surface area contributed by atoms with Crippen molar-refractivity contribution in [2.75, 3.05) is 19.6 Å². The van der Waals surface area contributed by atoms with Crippen molar-refractivity contribution in [2.24, 2.45) is 5.73 Å². The highest BCUT2D eigenvalue weighted by molar-refractivity contribution is 7.80. The van der Waals surface area contributed by atoms with Crippen LogP contribution in [0, 0.1) is 0 Å². The second-order valence-electron chi connectivity index (χ2n) is 2.50. The lowest BCUT2D eigenvalue weighted by molar-refractivity contribution is 0.0921. The summed E-state index contributed by atoms with van der Waals surface area (Å²) in [5.74, 6) is 0. The Morgan fingerprint density at radius 2 is 2.17 bits per heavy atom. The van der Waals surface area contributed by atoms with Crippen molar-refractivity contribution in [1.82, 2.24) is 4.90 Å². The highest BCUT2D eigenvalue weighted by Crippen LogP contribution is 1.98. The predicted octanol–water partition coefficient (Wildman–Crippen LogP) is 1.25. The van der Waals surface area contributed by atoms with Crippen molar-refractivity contribution in [3.63, 3.8) is 0 Å². The maximum absolute atomic E-state index is 11.9. The van der Waals surface area contributed by atoms with E-state index in [0.29, 0.717) is 24.5 Å². The Balaban J connectivity index is 3.60. The Hall–Kier alpha value is -0.290. The highest BCUT2D eigenvalue weighted by atomic mass is 32.1. The fraction of sp³-hybridized carbons (Fsp3) is 0.857. The van der Waals surface area contributed by atoms with E-state index in [9.17, 15) is 8.78 Å². The van der Waals surface area contributed by atoms with Gasteiger partial charge in [0.15, 0.2) is 0 Å². The molecule has 0 spiro atoms. The lowest BCUT2D eigenvalue weighted by Gasteiger charge is -2.18. The number of thiocarbonyl (C=S) groups is 1. The summed E-state index contributed by atoms with van der Waals surface area (Å²) >= 11 is 4.64. The summed E-state index contributed by atoms with van der Waals surface area (Å²) in [4.78, 5) is 2.01. The van der Waals surface area contributed by atoms with Gasteiger partial charge in [-0.2, -0.15) is 0 Å². The van der Waals surface area contributed by atoms with Crippen molar-refractivity contribution >= 4 is 17.2 Å². The molecule has 0 radical (unpaired) electrons. The monoisotopic (exact) mass is 196 g/mol. The molecule has 0 fully saturated rings. The Labute approximate surface area is 76.7 Å². The number of halogens is 2. The number of hydrogen-bond acceptors (Lipinski definition) is 2. The molecule has 0 saturated carbocycles. The maximum atomic E-state index is 11.9. The van der Waals surface area contributed by atoms with E-state index in [1.165, 1.54) is 0 Å². The summed E-state index contributed by atoms with van der Waals surface area (Å²) < 4.78 is 23.8. The van der Waals surface area contributed by atoms with Gasteiger partial charge in [-0.1, -0.05) is 19.1 Å². The van der Waals surface area contributed by atoms with Crippen molar-refractivity contribution in [1.29, 1.82) is 0 Å². The van der Waals surface area contributed by atoms with Crippen molar-refractivity contribution in [2.45, 2.75) is 19.8 Å². The zero-order valence-corrected chi connectivity index (χ0v) is 7.91. The van der Waals surface area contributed by atoms with Crippen LogP contribution in [0.5, 0.6) is 0 Å². The van der Waals surface area contributed by atoms with Gasteiger partial charge in [-0.25, -0.2) is 8.78 Å². The van der Waals surface area contributed by atoms with E-state index >= 15 is 0 Å². The number of nitrogens with two attached hydrogens (primary N) is 1. The van der Waals surface area contributed by atoms with E-state index < -0.39 is 6.43 Å². The zero-order chi connectivity index (χ0) is 9.56. The molecule has 12 heavy (non-hydrogen) atoms. The lowest BCUT2D eigenvalue weighted by atomic mass is 10.3. The lowest BCUT2D eigenvalue weighted by Crippen LogP contribution is -2.31. The van der Waals surface area contributed by atoms with Gasteiger partial charge in [-0.15, -0.1) is 0 Å². The smallest absolute Gasteiger partial charge is 0.251 e. The van der Waals surface area contributed by atoms with Crippen molar-refractivity contribution in [3.05, 3.63) is 0 Å². The van der Waals surface area contributed by atoms with Crippen LogP contribution < -0.4 is 5.73 Å². The van der Waals surface area contributed by atoms with Gasteiger partial charge >= 0.3 is 0 Å². The highest BCUT2D eigenvalue weighted by Gasteiger charge is 2.09. The van der Waals surface area contributed by atoms with Crippen LogP contribution in [0.2, 0.25) is 0 Å². The van der Waals surface area contributed by atoms with Crippen LogP contribution in [0.1, 0.15) is 13.3 Å². The molecule has 0 aromatic heterocycles. The van der Waals surface area contributed by atoms with Gasteiger partial charge < -0.3 is 5.73 Å². The standard InChI is InChI=1S/C7H14F2N2S/c1-2-11(5-6(8)9)4-3-7(10)12/h6H,2-5H2,1H3,(H2,10,12). The zero-order valence-electron chi connectivity index (χ0n) is 7.09. The van der Waals surface area contributed by atoms with Gasteiger partial charge in [0.2, 0.25) is 0 Å². The molecule has 72 valence electrons. The van der Waals surface area contributed by atoms with Gasteiger partial charge in [-0.05, 0) is 6.54 Å². The molecule has 0 bridgehead atoms. The topological polar surface area (TPSA) is 29.3 Å². The van der Waals surface area contributed by atoms with Crippen LogP contribution in [-0.4, -0.2) is 35.9 Å². The maximum Gasteiger partial charge on any atom is 0.251 e. The normalized spacial score (nSPS) is 11.1. The molecule has 0 saturated heterocycles. The first kappa shape index (κ1) is 11.7. The molecule has 5 heteroatoms. The average Bonchev–Trinajstić information content (AvgIpc) is 1.97. The van der Waals surface area contributed by atoms with Crippen LogP contribution in [0.15, 0.2) is 0 Å². The van der Waals surface area contributed by atoms with Crippen LogP contribution in [-0.2, 0) is 0 Å². The summed E-state index contributed by atoms with van der Waals surface area (Å²) in [6, 6.07) is 0. The quantitative estimate of drug-likeness (QED) is 0.648. The Kier molecular flexibility index (Phi) is 6.10. The summed E-state index contributed by atoms with van der Waals surface area (Å²) in [5.41, 5.74) is 5.24. The van der Waals surface area contributed by atoms with Gasteiger partial charge in [-0.3, -0.25) is 4.90 Å². The first-order valence-corrected chi connectivity index (χ1v) is 4.26. The minimum atomic E-state index is -2.28. The van der Waals surface area contributed by atoms with Crippen molar-refractivity contribution < 1.29 is 8.78 Å².